The molecule has 0 aliphatic carbocycles. The highest BCUT2D eigenvalue weighted by atomic mass is 19.3. The van der Waals surface area contributed by atoms with Gasteiger partial charge in [-0.3, -0.25) is 10.2 Å². The zero-order chi connectivity index (χ0) is 25.8. The van der Waals surface area contributed by atoms with Crippen molar-refractivity contribution in [1.82, 2.24) is 25.3 Å². The fourth-order valence-corrected chi connectivity index (χ4v) is 4.30. The molecule has 1 atom stereocenters. The first-order valence-electron chi connectivity index (χ1n) is 11.9. The zero-order valence-corrected chi connectivity index (χ0v) is 20.6. The summed E-state index contributed by atoms with van der Waals surface area (Å²) in [4.78, 5) is 24.0. The minimum atomic E-state index is -2.93. The number of aryl methyl sites for hydroxylation is 1. The number of nitrogens with zero attached hydrogens (tertiary/aromatic N) is 4. The highest BCUT2D eigenvalue weighted by molar-refractivity contribution is 5.78. The van der Waals surface area contributed by atoms with Gasteiger partial charge in [0.25, 0.3) is 6.43 Å². The number of benzene rings is 1. The number of piperazine rings is 1. The molecular formula is C24H31F3N6O3. The minimum absolute atomic E-state index is 0.0491. The Bertz CT molecular complexity index is 1080. The Labute approximate surface area is 208 Å². The lowest BCUT2D eigenvalue weighted by molar-refractivity contribution is -0.126. The number of carbonyl (C=O) groups is 1. The number of hydrazine groups is 1. The maximum atomic E-state index is 14.8. The zero-order valence-electron chi connectivity index (χ0n) is 20.6. The number of nitrogens with one attached hydrogen (secondary N) is 2. The second-order valence-electron chi connectivity index (χ2n) is 8.97. The number of anilines is 1. The molecule has 36 heavy (non-hydrogen) atoms. The van der Waals surface area contributed by atoms with E-state index in [9.17, 15) is 18.0 Å². The molecule has 2 aromatic rings. The van der Waals surface area contributed by atoms with Gasteiger partial charge in [-0.15, -0.1) is 0 Å². The van der Waals surface area contributed by atoms with Crippen LogP contribution in [0.2, 0.25) is 0 Å². The molecule has 1 amide bonds. The van der Waals surface area contributed by atoms with Crippen LogP contribution in [0.4, 0.5) is 19.0 Å². The van der Waals surface area contributed by atoms with Gasteiger partial charge in [-0.2, -0.15) is 0 Å². The summed E-state index contributed by atoms with van der Waals surface area (Å²) in [6, 6.07) is 3.18. The Morgan fingerprint density at radius 1 is 1.14 bits per heavy atom. The van der Waals surface area contributed by atoms with Crippen LogP contribution < -0.4 is 10.7 Å². The van der Waals surface area contributed by atoms with Crippen molar-refractivity contribution in [3.63, 3.8) is 0 Å². The molecule has 196 valence electrons. The molecule has 0 radical (unpaired) electrons. The predicted octanol–water partition coefficient (Wildman–Crippen LogP) is 2.90. The third-order valence-electron chi connectivity index (χ3n) is 6.22. The molecule has 1 aromatic heterocycles. The average Bonchev–Trinajstić information content (AvgIpc) is 3.34. The van der Waals surface area contributed by atoms with Crippen LogP contribution in [-0.2, 0) is 20.7 Å². The van der Waals surface area contributed by atoms with Gasteiger partial charge in [0, 0.05) is 31.7 Å². The monoisotopic (exact) mass is 508 g/mol. The summed E-state index contributed by atoms with van der Waals surface area (Å²) in [5, 5.41) is 4.98. The van der Waals surface area contributed by atoms with Crippen molar-refractivity contribution in [3.05, 3.63) is 52.2 Å². The van der Waals surface area contributed by atoms with Crippen LogP contribution >= 0.6 is 0 Å². The van der Waals surface area contributed by atoms with E-state index in [2.05, 4.69) is 25.6 Å². The quantitative estimate of drug-likeness (QED) is 0.563. The van der Waals surface area contributed by atoms with Gasteiger partial charge < -0.3 is 19.7 Å². The number of hydrogen-bond donors (Lipinski definition) is 2. The molecule has 2 saturated heterocycles. The van der Waals surface area contributed by atoms with Gasteiger partial charge >= 0.3 is 0 Å². The van der Waals surface area contributed by atoms with Gasteiger partial charge in [0.1, 0.15) is 17.5 Å². The number of carbonyl (C=O) groups excluding carboxylic acids is 1. The summed E-state index contributed by atoms with van der Waals surface area (Å²) in [6.45, 7) is 7.13. The highest BCUT2D eigenvalue weighted by Crippen LogP contribution is 2.34. The summed E-state index contributed by atoms with van der Waals surface area (Å²) < 4.78 is 52.6. The molecule has 0 unspecified atom stereocenters. The van der Waals surface area contributed by atoms with E-state index >= 15 is 0 Å². The van der Waals surface area contributed by atoms with E-state index in [4.69, 9.17) is 9.47 Å². The smallest absolute Gasteiger partial charge is 0.266 e. The summed E-state index contributed by atoms with van der Waals surface area (Å²) >= 11 is 0. The van der Waals surface area contributed by atoms with Crippen molar-refractivity contribution in [1.29, 1.82) is 0 Å². The third kappa shape index (κ3) is 6.12. The molecule has 4 rings (SSSR count). The van der Waals surface area contributed by atoms with Crippen LogP contribution in [0.25, 0.3) is 0 Å². The SMILES string of the molecule is Cc1nc(CC(=O)NN2CCN(C)CC2)c(C2OCCO2)c(N[C@H](C)c2cccc(C(F)F)c2F)n1. The number of amides is 1. The first-order chi connectivity index (χ1) is 17.2. The summed E-state index contributed by atoms with van der Waals surface area (Å²) in [6.07, 6.45) is -3.80. The van der Waals surface area contributed by atoms with E-state index in [0.717, 1.165) is 19.2 Å². The van der Waals surface area contributed by atoms with Crippen molar-refractivity contribution in [2.24, 2.45) is 0 Å². The Balaban J connectivity index is 1.60. The molecule has 3 heterocycles. The van der Waals surface area contributed by atoms with E-state index in [1.165, 1.54) is 12.1 Å². The predicted molar refractivity (Wildman–Crippen MR) is 126 cm³/mol. The van der Waals surface area contributed by atoms with Crippen LogP contribution in [0.1, 0.15) is 53.9 Å². The Kier molecular flexibility index (Phi) is 8.39. The van der Waals surface area contributed by atoms with Crippen LogP contribution in [0, 0.1) is 12.7 Å². The summed E-state index contributed by atoms with van der Waals surface area (Å²) in [7, 11) is 2.03. The second kappa shape index (κ2) is 11.5. The lowest BCUT2D eigenvalue weighted by atomic mass is 10.0. The first-order valence-corrected chi connectivity index (χ1v) is 11.9. The van der Waals surface area contributed by atoms with Gasteiger partial charge in [0.05, 0.1) is 42.5 Å². The van der Waals surface area contributed by atoms with E-state index in [0.29, 0.717) is 49.2 Å². The largest absolute Gasteiger partial charge is 0.363 e. The number of aromatic nitrogens is 2. The molecular weight excluding hydrogens is 477 g/mol. The van der Waals surface area contributed by atoms with Crippen molar-refractivity contribution in [2.75, 3.05) is 51.8 Å². The second-order valence-corrected chi connectivity index (χ2v) is 8.97. The van der Waals surface area contributed by atoms with Gasteiger partial charge in [-0.1, -0.05) is 18.2 Å². The van der Waals surface area contributed by atoms with Gasteiger partial charge in [0.15, 0.2) is 6.29 Å². The molecule has 12 heteroatoms. The maximum Gasteiger partial charge on any atom is 0.266 e. The van der Waals surface area contributed by atoms with Crippen molar-refractivity contribution < 1.29 is 27.4 Å². The fraction of sp³-hybridized carbons (Fsp3) is 0.542. The van der Waals surface area contributed by atoms with E-state index < -0.39 is 30.1 Å². The summed E-state index contributed by atoms with van der Waals surface area (Å²) in [5.74, 6) is -0.534. The Hall–Kier alpha value is -2.80. The first kappa shape index (κ1) is 26.3. The Morgan fingerprint density at radius 2 is 1.81 bits per heavy atom. The van der Waals surface area contributed by atoms with Crippen molar-refractivity contribution in [3.8, 4) is 0 Å². The molecule has 2 N–H and O–H groups in total. The van der Waals surface area contributed by atoms with E-state index in [-0.39, 0.29) is 17.9 Å². The van der Waals surface area contributed by atoms with Crippen molar-refractivity contribution in [2.45, 2.75) is 39.0 Å². The average molecular weight is 509 g/mol. The molecule has 2 aliphatic rings. The van der Waals surface area contributed by atoms with Crippen LogP contribution in [0.15, 0.2) is 18.2 Å². The van der Waals surface area contributed by atoms with Crippen molar-refractivity contribution >= 4 is 11.7 Å². The van der Waals surface area contributed by atoms with Gasteiger partial charge in [-0.25, -0.2) is 28.1 Å². The topological polar surface area (TPSA) is 91.9 Å². The lowest BCUT2D eigenvalue weighted by Gasteiger charge is -2.32. The number of ether oxygens (including phenoxy) is 2. The van der Waals surface area contributed by atoms with Crippen LogP contribution in [-0.4, -0.2) is 72.2 Å². The number of likely N-dealkylation sites (N-methyl/N-ethyl adjacent to an activating group) is 1. The number of hydrogen-bond acceptors (Lipinski definition) is 8. The number of rotatable bonds is 8. The summed E-state index contributed by atoms with van der Waals surface area (Å²) in [5.41, 5.74) is 3.17. The molecule has 1 aromatic carbocycles. The molecule has 2 aliphatic heterocycles. The Morgan fingerprint density at radius 3 is 2.47 bits per heavy atom. The maximum absolute atomic E-state index is 14.8. The minimum Gasteiger partial charge on any atom is -0.363 e. The molecule has 2 fully saturated rings. The molecule has 9 nitrogen and oxygen atoms in total. The van der Waals surface area contributed by atoms with Gasteiger partial charge in [-0.05, 0) is 20.9 Å². The van der Waals surface area contributed by atoms with Crippen LogP contribution in [0.3, 0.4) is 0 Å². The van der Waals surface area contributed by atoms with E-state index in [1.807, 2.05) is 12.1 Å². The third-order valence-corrected chi connectivity index (χ3v) is 6.22. The van der Waals surface area contributed by atoms with Crippen LogP contribution in [0.5, 0.6) is 0 Å². The number of alkyl halides is 2. The normalized spacial score (nSPS) is 18.5. The molecule has 0 spiro atoms. The highest BCUT2D eigenvalue weighted by Gasteiger charge is 2.30. The van der Waals surface area contributed by atoms with Gasteiger partial charge in [0.2, 0.25) is 5.91 Å². The number of halogens is 3. The fourth-order valence-electron chi connectivity index (χ4n) is 4.30. The molecule has 0 bridgehead atoms. The standard InChI is InChI=1S/C24H31F3N6O3/c1-14(16-5-4-6-17(21(16)25)22(26)27)28-23-20(24-35-11-12-36-24)18(29-15(2)30-23)13-19(34)31-33-9-7-32(3)8-10-33/h4-6,14,22,24H,7-13H2,1-3H3,(H,31,34)(H,28,29,30)/t14-/m1/s1. The molecule has 0 saturated carbocycles. The van der Waals surface area contributed by atoms with E-state index in [1.54, 1.807) is 13.8 Å². The lowest BCUT2D eigenvalue weighted by Crippen LogP contribution is -2.52.